The highest BCUT2D eigenvalue weighted by atomic mass is 35.5. The lowest BCUT2D eigenvalue weighted by Crippen LogP contribution is -2.49. The summed E-state index contributed by atoms with van der Waals surface area (Å²) in [5.41, 5.74) is 2.10. The average molecular weight is 532 g/mol. The largest absolute Gasteiger partial charge is 0.457 e. The molecule has 0 saturated carbocycles. The molecule has 36 heavy (non-hydrogen) atoms. The Kier molecular flexibility index (Phi) is 8.55. The molecule has 1 aromatic heterocycles. The lowest BCUT2D eigenvalue weighted by molar-refractivity contribution is -0.133. The lowest BCUT2D eigenvalue weighted by Gasteiger charge is -2.29. The first-order chi connectivity index (χ1) is 17.4. The molecular formula is C25H26ClN3O6S. The summed E-state index contributed by atoms with van der Waals surface area (Å²) >= 11 is 5.89. The number of ether oxygens (including phenoxy) is 2. The van der Waals surface area contributed by atoms with Gasteiger partial charge in [-0.15, -0.1) is 0 Å². The smallest absolute Gasteiger partial charge is 0.260 e. The normalized spacial score (nSPS) is 15.3. The van der Waals surface area contributed by atoms with Crippen molar-refractivity contribution in [2.45, 2.75) is 35.3 Å². The number of amides is 1. The summed E-state index contributed by atoms with van der Waals surface area (Å²) in [6.07, 6.45) is 2.70. The van der Waals surface area contributed by atoms with Crippen LogP contribution in [0.15, 0.2) is 76.8 Å². The topological polar surface area (TPSA) is 127 Å². The van der Waals surface area contributed by atoms with Crippen molar-refractivity contribution >= 4 is 27.3 Å². The monoisotopic (exact) mass is 531 g/mol. The molecule has 9 nitrogen and oxygen atoms in total. The van der Waals surface area contributed by atoms with Gasteiger partial charge in [-0.25, -0.2) is 18.9 Å². The van der Waals surface area contributed by atoms with Crippen LogP contribution in [-0.2, 0) is 25.9 Å². The molecule has 0 unspecified atom stereocenters. The maximum absolute atomic E-state index is 13.4. The molecule has 1 amide bonds. The van der Waals surface area contributed by atoms with Gasteiger partial charge in [0.2, 0.25) is 9.84 Å². The minimum absolute atomic E-state index is 0.0555. The molecule has 2 aromatic carbocycles. The van der Waals surface area contributed by atoms with Crippen molar-refractivity contribution in [1.29, 1.82) is 0 Å². The molecule has 1 saturated heterocycles. The van der Waals surface area contributed by atoms with Crippen molar-refractivity contribution in [1.82, 2.24) is 15.8 Å². The Morgan fingerprint density at radius 3 is 2.36 bits per heavy atom. The third-order valence-corrected chi connectivity index (χ3v) is 7.95. The standard InChI is InChI=1S/C25H26ClN3O6S/c26-19-3-5-20(6-4-19)35-21-7-9-22(10-8-21)36(32,33)25-18(2-1-13-27-25)16-28-23(24(30)29-31)17-11-14-34-15-12-17/h1-10,13,17,23,28,31H,11-12,14-16H2,(H,29,30)/t23-/m1/s1. The van der Waals surface area contributed by atoms with Crippen LogP contribution in [0.25, 0.3) is 0 Å². The number of pyridine rings is 1. The van der Waals surface area contributed by atoms with Crippen LogP contribution in [0, 0.1) is 5.92 Å². The summed E-state index contributed by atoms with van der Waals surface area (Å²) in [7, 11) is -3.96. The van der Waals surface area contributed by atoms with Gasteiger partial charge in [-0.3, -0.25) is 10.0 Å². The molecule has 3 N–H and O–H groups in total. The van der Waals surface area contributed by atoms with E-state index in [9.17, 15) is 18.4 Å². The Hall–Kier alpha value is -3.02. The fourth-order valence-electron chi connectivity index (χ4n) is 4.05. The van der Waals surface area contributed by atoms with Crippen molar-refractivity contribution in [2.24, 2.45) is 5.92 Å². The number of rotatable bonds is 9. The Morgan fingerprint density at radius 1 is 1.08 bits per heavy atom. The van der Waals surface area contributed by atoms with E-state index >= 15 is 0 Å². The van der Waals surface area contributed by atoms with E-state index in [-0.39, 0.29) is 22.4 Å². The number of hydrogen-bond donors (Lipinski definition) is 3. The molecule has 1 atom stereocenters. The van der Waals surface area contributed by atoms with E-state index in [1.807, 2.05) is 0 Å². The Labute approximate surface area is 214 Å². The number of hydroxylamine groups is 1. The minimum Gasteiger partial charge on any atom is -0.457 e. The van der Waals surface area contributed by atoms with E-state index < -0.39 is 21.8 Å². The van der Waals surface area contributed by atoms with E-state index in [2.05, 4.69) is 10.3 Å². The van der Waals surface area contributed by atoms with E-state index in [0.717, 1.165) is 0 Å². The van der Waals surface area contributed by atoms with Gasteiger partial charge in [0.15, 0.2) is 5.03 Å². The van der Waals surface area contributed by atoms with Gasteiger partial charge in [0, 0.05) is 36.5 Å². The number of carbonyl (C=O) groups is 1. The van der Waals surface area contributed by atoms with Gasteiger partial charge in [-0.1, -0.05) is 17.7 Å². The molecule has 3 aromatic rings. The highest BCUT2D eigenvalue weighted by Gasteiger charge is 2.30. The van der Waals surface area contributed by atoms with Gasteiger partial charge in [0.25, 0.3) is 5.91 Å². The maximum atomic E-state index is 13.4. The summed E-state index contributed by atoms with van der Waals surface area (Å²) in [5, 5.41) is 12.8. The summed E-state index contributed by atoms with van der Waals surface area (Å²) in [6, 6.07) is 15.4. The second kappa shape index (κ2) is 11.8. The zero-order valence-electron chi connectivity index (χ0n) is 19.3. The quantitative estimate of drug-likeness (QED) is 0.281. The summed E-state index contributed by atoms with van der Waals surface area (Å²) in [6.45, 7) is 1.10. The van der Waals surface area contributed by atoms with Gasteiger partial charge >= 0.3 is 0 Å². The number of hydrogen-bond acceptors (Lipinski definition) is 8. The number of halogens is 1. The molecule has 0 aliphatic carbocycles. The van der Waals surface area contributed by atoms with E-state index in [1.165, 1.54) is 18.3 Å². The van der Waals surface area contributed by atoms with E-state index in [1.54, 1.807) is 54.0 Å². The fraction of sp³-hybridized carbons (Fsp3) is 0.280. The van der Waals surface area contributed by atoms with Crippen LogP contribution in [0.5, 0.6) is 11.5 Å². The van der Waals surface area contributed by atoms with E-state index in [0.29, 0.717) is 48.1 Å². The summed E-state index contributed by atoms with van der Waals surface area (Å²) in [4.78, 5) is 16.5. The zero-order valence-corrected chi connectivity index (χ0v) is 20.8. The molecule has 0 radical (unpaired) electrons. The first-order valence-corrected chi connectivity index (χ1v) is 13.2. The number of carbonyl (C=O) groups excluding carboxylic acids is 1. The van der Waals surface area contributed by atoms with Crippen LogP contribution in [0.3, 0.4) is 0 Å². The number of benzene rings is 2. The summed E-state index contributed by atoms with van der Waals surface area (Å²) in [5.74, 6) is 0.398. The molecule has 4 rings (SSSR count). The van der Waals surface area contributed by atoms with Gasteiger partial charge in [0.1, 0.15) is 11.5 Å². The maximum Gasteiger partial charge on any atom is 0.260 e. The van der Waals surface area contributed by atoms with Crippen LogP contribution < -0.4 is 15.5 Å². The second-order valence-corrected chi connectivity index (χ2v) is 10.6. The van der Waals surface area contributed by atoms with E-state index in [4.69, 9.17) is 21.1 Å². The van der Waals surface area contributed by atoms with Crippen LogP contribution in [0.1, 0.15) is 18.4 Å². The molecule has 0 bridgehead atoms. The Balaban J connectivity index is 1.52. The van der Waals surface area contributed by atoms with Crippen molar-refractivity contribution in [3.8, 4) is 11.5 Å². The molecule has 2 heterocycles. The predicted octanol–water partition coefficient (Wildman–Crippen LogP) is 3.75. The zero-order chi connectivity index (χ0) is 25.5. The van der Waals surface area contributed by atoms with Gasteiger partial charge < -0.3 is 14.8 Å². The molecule has 190 valence electrons. The lowest BCUT2D eigenvalue weighted by atomic mass is 9.91. The second-order valence-electron chi connectivity index (χ2n) is 8.28. The average Bonchev–Trinajstić information content (AvgIpc) is 2.91. The fourth-order valence-corrected chi connectivity index (χ4v) is 5.58. The van der Waals surface area contributed by atoms with Crippen LogP contribution >= 0.6 is 11.6 Å². The van der Waals surface area contributed by atoms with Crippen LogP contribution in [0.2, 0.25) is 5.02 Å². The first kappa shape index (κ1) is 26.1. The number of nitrogens with one attached hydrogen (secondary N) is 2. The third-order valence-electron chi connectivity index (χ3n) is 5.93. The minimum atomic E-state index is -3.96. The van der Waals surface area contributed by atoms with Crippen LogP contribution in [-0.4, -0.2) is 43.8 Å². The molecule has 11 heteroatoms. The third kappa shape index (κ3) is 6.21. The molecular weight excluding hydrogens is 506 g/mol. The van der Waals surface area contributed by atoms with Crippen molar-refractivity contribution < 1.29 is 27.9 Å². The summed E-state index contributed by atoms with van der Waals surface area (Å²) < 4.78 is 37.9. The number of sulfone groups is 1. The first-order valence-electron chi connectivity index (χ1n) is 11.4. The van der Waals surface area contributed by atoms with Gasteiger partial charge in [-0.2, -0.15) is 0 Å². The molecule has 1 aliphatic rings. The SMILES string of the molecule is O=C(NO)[C@H](NCc1cccnc1S(=O)(=O)c1ccc(Oc2ccc(Cl)cc2)cc1)C1CCOCC1. The van der Waals surface area contributed by atoms with Crippen LogP contribution in [0.4, 0.5) is 0 Å². The van der Waals surface area contributed by atoms with Crippen molar-refractivity contribution in [3.63, 3.8) is 0 Å². The Morgan fingerprint density at radius 2 is 1.72 bits per heavy atom. The number of aromatic nitrogens is 1. The van der Waals surface area contributed by atoms with Gasteiger partial charge in [0.05, 0.1) is 10.9 Å². The molecule has 1 aliphatic heterocycles. The molecule has 1 fully saturated rings. The molecule has 0 spiro atoms. The van der Waals surface area contributed by atoms with Crippen molar-refractivity contribution in [3.05, 3.63) is 77.4 Å². The number of nitrogens with zero attached hydrogens (tertiary/aromatic N) is 1. The highest BCUT2D eigenvalue weighted by Crippen LogP contribution is 2.28. The predicted molar refractivity (Wildman–Crippen MR) is 132 cm³/mol. The van der Waals surface area contributed by atoms with Crippen molar-refractivity contribution in [2.75, 3.05) is 13.2 Å². The van der Waals surface area contributed by atoms with Gasteiger partial charge in [-0.05, 0) is 73.4 Å². The highest BCUT2D eigenvalue weighted by molar-refractivity contribution is 7.91. The Bertz CT molecular complexity index is 1280.